The van der Waals surface area contributed by atoms with Crippen LogP contribution in [0.2, 0.25) is 5.02 Å². The number of nitrogens with one attached hydrogen (secondary N) is 1. The van der Waals surface area contributed by atoms with Crippen LogP contribution in [0.5, 0.6) is 11.5 Å². The molecule has 3 heterocycles. The average Bonchev–Trinajstić information content (AvgIpc) is 3.48. The van der Waals surface area contributed by atoms with Crippen LogP contribution in [-0.2, 0) is 6.54 Å². The summed E-state index contributed by atoms with van der Waals surface area (Å²) in [5.74, 6) is 1.26. The van der Waals surface area contributed by atoms with Crippen LogP contribution in [0.3, 0.4) is 0 Å². The lowest BCUT2D eigenvalue weighted by Gasteiger charge is -2.34. The molecule has 0 bridgehead atoms. The van der Waals surface area contributed by atoms with E-state index in [9.17, 15) is 10.4 Å². The van der Waals surface area contributed by atoms with Crippen molar-refractivity contribution in [2.75, 3.05) is 44.6 Å². The molecular formula is C33H30ClN5O2S. The third-order valence-electron chi connectivity index (χ3n) is 7.47. The first kappa shape index (κ1) is 28.2. The Bertz CT molecular complexity index is 1730. The number of pyridine rings is 1. The summed E-state index contributed by atoms with van der Waals surface area (Å²) in [6, 6.07) is 25.7. The quantitative estimate of drug-likeness (QED) is 0.187. The van der Waals surface area contributed by atoms with Gasteiger partial charge in [-0.3, -0.25) is 14.8 Å². The molecule has 0 spiro atoms. The molecule has 0 saturated carbocycles. The van der Waals surface area contributed by atoms with Crippen LogP contribution in [0, 0.1) is 11.3 Å². The number of benzene rings is 3. The van der Waals surface area contributed by atoms with Crippen molar-refractivity contribution in [2.45, 2.75) is 6.54 Å². The molecule has 0 radical (unpaired) electrons. The summed E-state index contributed by atoms with van der Waals surface area (Å²) >= 11 is 8.34. The van der Waals surface area contributed by atoms with Crippen molar-refractivity contribution in [2.24, 2.45) is 0 Å². The number of aromatic nitrogens is 1. The maximum Gasteiger partial charge on any atom is 0.146 e. The zero-order valence-corrected chi connectivity index (χ0v) is 24.5. The Balaban J connectivity index is 1.23. The van der Waals surface area contributed by atoms with Gasteiger partial charge < -0.3 is 15.2 Å². The Morgan fingerprint density at radius 3 is 2.57 bits per heavy atom. The number of halogens is 1. The monoisotopic (exact) mass is 595 g/mol. The fourth-order valence-electron chi connectivity index (χ4n) is 5.24. The highest BCUT2D eigenvalue weighted by molar-refractivity contribution is 7.10. The molecule has 0 amide bonds. The van der Waals surface area contributed by atoms with Crippen molar-refractivity contribution in [1.29, 1.82) is 5.26 Å². The molecule has 42 heavy (non-hydrogen) atoms. The molecule has 3 aromatic carbocycles. The summed E-state index contributed by atoms with van der Waals surface area (Å²) in [6.45, 7) is 5.79. The van der Waals surface area contributed by atoms with Gasteiger partial charge in [-0.15, -0.1) is 11.3 Å². The van der Waals surface area contributed by atoms with Gasteiger partial charge in [-0.25, -0.2) is 0 Å². The van der Waals surface area contributed by atoms with Crippen LogP contribution in [0.4, 0.5) is 11.4 Å². The fraction of sp³-hybridized carbons (Fsp3) is 0.212. The molecule has 1 aliphatic heterocycles. The predicted molar refractivity (Wildman–Crippen MR) is 170 cm³/mol. The first-order chi connectivity index (χ1) is 20.6. The third kappa shape index (κ3) is 6.26. The van der Waals surface area contributed by atoms with Crippen molar-refractivity contribution in [3.8, 4) is 28.7 Å². The second kappa shape index (κ2) is 12.9. The Labute approximate surface area is 254 Å². The van der Waals surface area contributed by atoms with Crippen LogP contribution in [0.1, 0.15) is 10.4 Å². The Hall–Kier alpha value is -3.97. The number of nitriles is 1. The average molecular weight is 596 g/mol. The van der Waals surface area contributed by atoms with Crippen molar-refractivity contribution < 1.29 is 9.84 Å². The van der Waals surface area contributed by atoms with E-state index in [4.69, 9.17) is 16.3 Å². The molecule has 6 rings (SSSR count). The predicted octanol–water partition coefficient (Wildman–Crippen LogP) is 7.13. The van der Waals surface area contributed by atoms with Gasteiger partial charge in [0.1, 0.15) is 17.6 Å². The Kier molecular flexibility index (Phi) is 8.65. The zero-order valence-electron chi connectivity index (χ0n) is 23.0. The lowest BCUT2D eigenvalue weighted by atomic mass is 10.0. The zero-order chi connectivity index (χ0) is 28.9. The molecule has 7 nitrogen and oxygen atoms in total. The number of piperazine rings is 1. The molecule has 0 aliphatic carbocycles. The van der Waals surface area contributed by atoms with Crippen LogP contribution in [0.25, 0.3) is 22.0 Å². The van der Waals surface area contributed by atoms with E-state index in [1.54, 1.807) is 23.6 Å². The smallest absolute Gasteiger partial charge is 0.146 e. The largest absolute Gasteiger partial charge is 0.456 e. The number of para-hydroxylation sites is 1. The molecule has 1 saturated heterocycles. The van der Waals surface area contributed by atoms with E-state index >= 15 is 0 Å². The van der Waals surface area contributed by atoms with Crippen molar-refractivity contribution in [3.05, 3.63) is 99.8 Å². The SMILES string of the molecule is N#Cc1cnc2cc(-c3ccsc3CN3CCN(CCO)CC3)ccc2c1Nc1ccc(Oc2ccccc2)c(Cl)c1. The van der Waals surface area contributed by atoms with Gasteiger partial charge in [-0.1, -0.05) is 41.9 Å². The van der Waals surface area contributed by atoms with Gasteiger partial charge in [0.15, 0.2) is 0 Å². The highest BCUT2D eigenvalue weighted by Gasteiger charge is 2.19. The number of aliphatic hydroxyl groups is 1. The minimum Gasteiger partial charge on any atom is -0.456 e. The van der Waals surface area contributed by atoms with E-state index in [1.807, 2.05) is 48.5 Å². The van der Waals surface area contributed by atoms with E-state index in [0.29, 0.717) is 27.8 Å². The maximum absolute atomic E-state index is 9.87. The number of rotatable bonds is 9. The second-order valence-corrected chi connectivity index (χ2v) is 11.6. The first-order valence-corrected chi connectivity index (χ1v) is 15.1. The number of β-amino-alcohol motifs (C(OH)–C–C–N with tert-alkyl or cyclic N) is 1. The molecule has 1 fully saturated rings. The highest BCUT2D eigenvalue weighted by Crippen LogP contribution is 2.37. The van der Waals surface area contributed by atoms with Crippen LogP contribution < -0.4 is 10.1 Å². The van der Waals surface area contributed by atoms with E-state index in [-0.39, 0.29) is 6.61 Å². The van der Waals surface area contributed by atoms with Crippen LogP contribution in [-0.4, -0.2) is 59.2 Å². The second-order valence-electron chi connectivity index (χ2n) is 10.2. The fourth-order valence-corrected chi connectivity index (χ4v) is 6.40. The number of nitrogens with zero attached hydrogens (tertiary/aromatic N) is 4. The van der Waals surface area contributed by atoms with Gasteiger partial charge in [0.2, 0.25) is 0 Å². The maximum atomic E-state index is 9.87. The molecule has 0 unspecified atom stereocenters. The van der Waals surface area contributed by atoms with Crippen molar-refractivity contribution >= 4 is 45.2 Å². The molecule has 9 heteroatoms. The van der Waals surface area contributed by atoms with Gasteiger partial charge in [-0.2, -0.15) is 5.26 Å². The molecule has 1 aliphatic rings. The summed E-state index contributed by atoms with van der Waals surface area (Å²) < 4.78 is 5.91. The van der Waals surface area contributed by atoms with Crippen LogP contribution >= 0.6 is 22.9 Å². The standard InChI is InChI=1S/C33H30ClN5O2S/c34-29-19-25(7-9-31(29)41-26-4-2-1-3-5-26)37-33-24(20-35)21-36-30-18-23(6-8-28(30)33)27-10-17-42-32(27)22-39-13-11-38(12-14-39)15-16-40/h1-10,17-19,21,40H,11-16,22H2,(H,36,37). The van der Waals surface area contributed by atoms with Gasteiger partial charge in [0.05, 0.1) is 28.4 Å². The van der Waals surface area contributed by atoms with E-state index < -0.39 is 0 Å². The van der Waals surface area contributed by atoms with Gasteiger partial charge >= 0.3 is 0 Å². The highest BCUT2D eigenvalue weighted by atomic mass is 35.5. The van der Waals surface area contributed by atoms with E-state index in [2.05, 4.69) is 49.7 Å². The Morgan fingerprint density at radius 2 is 1.81 bits per heavy atom. The minimum atomic E-state index is 0.210. The summed E-state index contributed by atoms with van der Waals surface area (Å²) in [5.41, 5.74) is 5.00. The summed E-state index contributed by atoms with van der Waals surface area (Å²) in [6.07, 6.45) is 1.61. The lowest BCUT2D eigenvalue weighted by molar-refractivity contribution is 0.109. The lowest BCUT2D eigenvalue weighted by Crippen LogP contribution is -2.46. The summed E-state index contributed by atoms with van der Waals surface area (Å²) in [4.78, 5) is 10.7. The van der Waals surface area contributed by atoms with E-state index in [0.717, 1.165) is 61.4 Å². The first-order valence-electron chi connectivity index (χ1n) is 13.9. The molecular weight excluding hydrogens is 566 g/mol. The number of aliphatic hydroxyl groups excluding tert-OH is 1. The molecule has 2 N–H and O–H groups in total. The van der Waals surface area contributed by atoms with Crippen molar-refractivity contribution in [1.82, 2.24) is 14.8 Å². The van der Waals surface area contributed by atoms with Crippen LogP contribution in [0.15, 0.2) is 84.4 Å². The normalized spacial score (nSPS) is 14.1. The number of hydrogen-bond donors (Lipinski definition) is 2. The van der Waals surface area contributed by atoms with Crippen molar-refractivity contribution in [3.63, 3.8) is 0 Å². The number of hydrogen-bond acceptors (Lipinski definition) is 8. The van der Waals surface area contributed by atoms with Gasteiger partial charge in [0, 0.05) is 61.4 Å². The molecule has 2 aromatic heterocycles. The Morgan fingerprint density at radius 1 is 1.00 bits per heavy atom. The van der Waals surface area contributed by atoms with Gasteiger partial charge in [-0.05, 0) is 59.0 Å². The number of fused-ring (bicyclic) bond motifs is 1. The van der Waals surface area contributed by atoms with Gasteiger partial charge in [0.25, 0.3) is 0 Å². The molecule has 212 valence electrons. The topological polar surface area (TPSA) is 84.7 Å². The number of ether oxygens (including phenoxy) is 1. The number of thiophene rings is 1. The summed E-state index contributed by atoms with van der Waals surface area (Å²) in [7, 11) is 0. The minimum absolute atomic E-state index is 0.210. The van der Waals surface area contributed by atoms with E-state index in [1.165, 1.54) is 10.4 Å². The molecule has 0 atom stereocenters. The summed E-state index contributed by atoms with van der Waals surface area (Å²) in [5, 5.41) is 26.0. The molecule has 5 aromatic rings. The third-order valence-corrected chi connectivity index (χ3v) is 8.67. The number of anilines is 2.